The van der Waals surface area contributed by atoms with Crippen LogP contribution in [-0.2, 0) is 4.79 Å². The maximum Gasteiger partial charge on any atom is 0.276 e. The first-order chi connectivity index (χ1) is 14.7. The van der Waals surface area contributed by atoms with Crippen molar-refractivity contribution in [2.24, 2.45) is 10.9 Å². The fourth-order valence-electron chi connectivity index (χ4n) is 3.42. The van der Waals surface area contributed by atoms with Crippen molar-refractivity contribution in [2.75, 3.05) is 0 Å². The van der Waals surface area contributed by atoms with Gasteiger partial charge in [0.2, 0.25) is 5.91 Å². The van der Waals surface area contributed by atoms with Crippen LogP contribution in [0.5, 0.6) is 0 Å². The number of aromatic amines is 1. The summed E-state index contributed by atoms with van der Waals surface area (Å²) in [6.45, 7) is 0. The maximum atomic E-state index is 12.8. The van der Waals surface area contributed by atoms with Crippen LogP contribution in [0.4, 0.5) is 0 Å². The topological polar surface area (TPSA) is 112 Å². The highest BCUT2D eigenvalue weighted by atomic mass is 16.2. The molecule has 3 N–H and O–H groups in total. The number of amidine groups is 1. The zero-order chi connectivity index (χ0) is 20.5. The fraction of sp³-hybridized carbons (Fsp3) is 0.227. The SMILES string of the molecule is O=C(NC1=CN=C(NC(=O)C2CC2)CC1)c1n[nH]c2ccc(-c3cccnc3)cc12. The van der Waals surface area contributed by atoms with E-state index in [1.165, 1.54) is 0 Å². The second kappa shape index (κ2) is 7.55. The van der Waals surface area contributed by atoms with Gasteiger partial charge in [-0.15, -0.1) is 0 Å². The van der Waals surface area contributed by atoms with Crippen molar-refractivity contribution in [2.45, 2.75) is 25.7 Å². The first-order valence-corrected chi connectivity index (χ1v) is 9.94. The first kappa shape index (κ1) is 18.2. The van der Waals surface area contributed by atoms with Crippen LogP contribution in [0.25, 0.3) is 22.0 Å². The first-order valence-electron chi connectivity index (χ1n) is 9.94. The van der Waals surface area contributed by atoms with Crippen molar-refractivity contribution in [3.05, 3.63) is 60.3 Å². The summed E-state index contributed by atoms with van der Waals surface area (Å²) >= 11 is 0. The van der Waals surface area contributed by atoms with Gasteiger partial charge in [0.1, 0.15) is 5.84 Å². The minimum absolute atomic E-state index is 0.0436. The molecule has 8 heteroatoms. The van der Waals surface area contributed by atoms with Crippen LogP contribution >= 0.6 is 0 Å². The maximum absolute atomic E-state index is 12.8. The van der Waals surface area contributed by atoms with Gasteiger partial charge >= 0.3 is 0 Å². The predicted octanol–water partition coefficient (Wildman–Crippen LogP) is 2.91. The molecule has 1 aliphatic heterocycles. The van der Waals surface area contributed by atoms with Crippen LogP contribution in [0, 0.1) is 5.92 Å². The minimum atomic E-state index is -0.295. The molecule has 5 rings (SSSR count). The Labute approximate surface area is 172 Å². The molecule has 1 aliphatic carbocycles. The number of fused-ring (bicyclic) bond motifs is 1. The summed E-state index contributed by atoms with van der Waals surface area (Å²) in [5.74, 6) is 0.539. The van der Waals surface area contributed by atoms with Gasteiger partial charge < -0.3 is 10.6 Å². The summed E-state index contributed by atoms with van der Waals surface area (Å²) in [6, 6.07) is 9.65. The Morgan fingerprint density at radius 1 is 1.07 bits per heavy atom. The monoisotopic (exact) mass is 400 g/mol. The standard InChI is InChI=1S/C22H20N6O2/c29-21(13-3-4-13)26-19-8-6-16(12-24-19)25-22(30)20-17-10-14(5-7-18(17)27-28-20)15-2-1-9-23-11-15/h1-2,5,7,9-13H,3-4,6,8H2,(H,25,30)(H,27,28)(H,24,26,29). The lowest BCUT2D eigenvalue weighted by Gasteiger charge is -2.15. The third kappa shape index (κ3) is 3.71. The summed E-state index contributed by atoms with van der Waals surface area (Å²) in [5.41, 5.74) is 3.74. The molecule has 1 fully saturated rings. The number of aliphatic imine (C=N–C) groups is 1. The Hall–Kier alpha value is -3.81. The number of hydrogen-bond acceptors (Lipinski definition) is 5. The summed E-state index contributed by atoms with van der Waals surface area (Å²) in [4.78, 5) is 33.1. The zero-order valence-electron chi connectivity index (χ0n) is 16.2. The quantitative estimate of drug-likeness (QED) is 0.625. The molecule has 0 saturated heterocycles. The van der Waals surface area contributed by atoms with Gasteiger partial charge in [0, 0.05) is 47.6 Å². The Balaban J connectivity index is 1.33. The number of amides is 2. The number of benzene rings is 1. The molecule has 1 saturated carbocycles. The number of allylic oxidation sites excluding steroid dienone is 1. The molecule has 0 unspecified atom stereocenters. The van der Waals surface area contributed by atoms with Crippen LogP contribution in [0.2, 0.25) is 0 Å². The average molecular weight is 400 g/mol. The lowest BCUT2D eigenvalue weighted by Crippen LogP contribution is -2.33. The van der Waals surface area contributed by atoms with E-state index in [9.17, 15) is 9.59 Å². The smallest absolute Gasteiger partial charge is 0.276 e. The molecule has 3 aromatic rings. The lowest BCUT2D eigenvalue weighted by atomic mass is 10.0. The number of nitrogens with one attached hydrogen (secondary N) is 3. The van der Waals surface area contributed by atoms with Gasteiger partial charge in [0.05, 0.1) is 5.52 Å². The molecule has 30 heavy (non-hydrogen) atoms. The van der Waals surface area contributed by atoms with Gasteiger partial charge in [-0.1, -0.05) is 12.1 Å². The van der Waals surface area contributed by atoms with E-state index in [0.29, 0.717) is 30.1 Å². The highest BCUT2D eigenvalue weighted by Crippen LogP contribution is 2.29. The minimum Gasteiger partial charge on any atom is -0.323 e. The molecular formula is C22H20N6O2. The van der Waals surface area contributed by atoms with Gasteiger partial charge in [-0.05, 0) is 43.0 Å². The molecule has 0 bridgehead atoms. The van der Waals surface area contributed by atoms with Gasteiger partial charge in [-0.3, -0.25) is 19.7 Å². The van der Waals surface area contributed by atoms with E-state index in [0.717, 1.165) is 34.9 Å². The summed E-state index contributed by atoms with van der Waals surface area (Å²) in [6.07, 6.45) is 8.19. The summed E-state index contributed by atoms with van der Waals surface area (Å²) in [5, 5.41) is 13.6. The molecule has 3 heterocycles. The Kier molecular flexibility index (Phi) is 4.59. The number of rotatable bonds is 4. The van der Waals surface area contributed by atoms with Crippen molar-refractivity contribution in [3.8, 4) is 11.1 Å². The van der Waals surface area contributed by atoms with Crippen LogP contribution in [0.15, 0.2) is 59.6 Å². The van der Waals surface area contributed by atoms with E-state index in [1.54, 1.807) is 18.6 Å². The number of pyridine rings is 1. The number of hydrogen-bond donors (Lipinski definition) is 3. The molecule has 2 amide bonds. The second-order valence-electron chi connectivity index (χ2n) is 7.52. The summed E-state index contributed by atoms with van der Waals surface area (Å²) in [7, 11) is 0. The molecular weight excluding hydrogens is 380 g/mol. The normalized spacial score (nSPS) is 16.0. The molecule has 0 atom stereocenters. The highest BCUT2D eigenvalue weighted by molar-refractivity contribution is 6.06. The molecule has 150 valence electrons. The van der Waals surface area contributed by atoms with Crippen LogP contribution < -0.4 is 10.6 Å². The summed E-state index contributed by atoms with van der Waals surface area (Å²) < 4.78 is 0. The molecule has 0 spiro atoms. The molecule has 0 radical (unpaired) electrons. The number of H-pyrrole nitrogens is 1. The molecule has 1 aromatic carbocycles. The molecule has 2 aromatic heterocycles. The third-order valence-electron chi connectivity index (χ3n) is 5.27. The van der Waals surface area contributed by atoms with Crippen molar-refractivity contribution in [1.82, 2.24) is 25.8 Å². The number of carbonyl (C=O) groups excluding carboxylic acids is 2. The van der Waals surface area contributed by atoms with E-state index in [4.69, 9.17) is 0 Å². The van der Waals surface area contributed by atoms with E-state index in [2.05, 4.69) is 30.8 Å². The van der Waals surface area contributed by atoms with Crippen LogP contribution in [-0.4, -0.2) is 32.8 Å². The number of aromatic nitrogens is 3. The van der Waals surface area contributed by atoms with Gasteiger partial charge in [0.15, 0.2) is 5.69 Å². The van der Waals surface area contributed by atoms with Crippen LogP contribution in [0.3, 0.4) is 0 Å². The average Bonchev–Trinajstić information content (AvgIpc) is 3.55. The third-order valence-corrected chi connectivity index (χ3v) is 5.27. The molecule has 2 aliphatic rings. The van der Waals surface area contributed by atoms with Crippen molar-refractivity contribution in [1.29, 1.82) is 0 Å². The highest BCUT2D eigenvalue weighted by Gasteiger charge is 2.30. The largest absolute Gasteiger partial charge is 0.323 e. The lowest BCUT2D eigenvalue weighted by molar-refractivity contribution is -0.120. The van der Waals surface area contributed by atoms with Crippen molar-refractivity contribution >= 4 is 28.6 Å². The fourth-order valence-corrected chi connectivity index (χ4v) is 3.42. The van der Waals surface area contributed by atoms with Gasteiger partial charge in [-0.25, -0.2) is 4.99 Å². The van der Waals surface area contributed by atoms with Crippen molar-refractivity contribution in [3.63, 3.8) is 0 Å². The van der Waals surface area contributed by atoms with Crippen molar-refractivity contribution < 1.29 is 9.59 Å². The van der Waals surface area contributed by atoms with E-state index in [-0.39, 0.29) is 17.7 Å². The molecule has 8 nitrogen and oxygen atoms in total. The van der Waals surface area contributed by atoms with Gasteiger partial charge in [-0.2, -0.15) is 5.10 Å². The number of carbonyl (C=O) groups is 2. The number of nitrogens with zero attached hydrogens (tertiary/aromatic N) is 3. The zero-order valence-corrected chi connectivity index (χ0v) is 16.2. The Morgan fingerprint density at radius 3 is 2.70 bits per heavy atom. The van der Waals surface area contributed by atoms with Gasteiger partial charge in [0.25, 0.3) is 5.91 Å². The second-order valence-corrected chi connectivity index (χ2v) is 7.52. The van der Waals surface area contributed by atoms with E-state index < -0.39 is 0 Å². The Morgan fingerprint density at radius 2 is 1.97 bits per heavy atom. The van der Waals surface area contributed by atoms with E-state index >= 15 is 0 Å². The van der Waals surface area contributed by atoms with Crippen LogP contribution in [0.1, 0.15) is 36.2 Å². The van der Waals surface area contributed by atoms with E-state index in [1.807, 2.05) is 30.3 Å². The Bertz CT molecular complexity index is 1190. The predicted molar refractivity (Wildman–Crippen MR) is 112 cm³/mol.